The lowest BCUT2D eigenvalue weighted by Crippen LogP contribution is -2.18. The second-order valence-electron chi connectivity index (χ2n) is 3.85. The molecule has 0 unspecified atom stereocenters. The van der Waals surface area contributed by atoms with Gasteiger partial charge in [-0.15, -0.1) is 0 Å². The van der Waals surface area contributed by atoms with Crippen LogP contribution in [0.5, 0.6) is 0 Å². The van der Waals surface area contributed by atoms with Crippen molar-refractivity contribution in [1.29, 1.82) is 0 Å². The normalized spacial score (nSPS) is 10.2. The molecule has 1 heterocycles. The Morgan fingerprint density at radius 1 is 1.12 bits per heavy atom. The number of aromatic nitrogens is 2. The van der Waals surface area contributed by atoms with Gasteiger partial charge in [0.15, 0.2) is 0 Å². The van der Waals surface area contributed by atoms with Crippen molar-refractivity contribution in [3.8, 4) is 0 Å². The molecular weight excluding hydrogens is 214 g/mol. The van der Waals surface area contributed by atoms with Crippen molar-refractivity contribution in [3.63, 3.8) is 0 Å². The lowest BCUT2D eigenvalue weighted by atomic mass is 10.2. The molecule has 0 saturated heterocycles. The first-order valence-corrected chi connectivity index (χ1v) is 5.30. The third-order valence-corrected chi connectivity index (χ3v) is 2.40. The van der Waals surface area contributed by atoms with Gasteiger partial charge in [0, 0.05) is 19.7 Å². The van der Waals surface area contributed by atoms with Crippen LogP contribution >= 0.6 is 0 Å². The molecule has 4 N–H and O–H groups in total. The SMILES string of the molecule is CN(Cc1ccccc1)c1cc(N)nc(N)n1. The van der Waals surface area contributed by atoms with E-state index in [1.165, 1.54) is 5.56 Å². The van der Waals surface area contributed by atoms with Crippen molar-refractivity contribution in [3.05, 3.63) is 42.0 Å². The van der Waals surface area contributed by atoms with Gasteiger partial charge in [-0.25, -0.2) is 0 Å². The van der Waals surface area contributed by atoms with E-state index in [1.54, 1.807) is 6.07 Å². The zero-order valence-corrected chi connectivity index (χ0v) is 9.67. The predicted octanol–water partition coefficient (Wildman–Crippen LogP) is 1.28. The van der Waals surface area contributed by atoms with Crippen LogP contribution in [0.4, 0.5) is 17.6 Å². The van der Waals surface area contributed by atoms with Crippen LogP contribution in [0.15, 0.2) is 36.4 Å². The van der Waals surface area contributed by atoms with E-state index in [4.69, 9.17) is 11.5 Å². The van der Waals surface area contributed by atoms with E-state index in [1.807, 2.05) is 30.1 Å². The summed E-state index contributed by atoms with van der Waals surface area (Å²) in [5.41, 5.74) is 12.4. The molecule has 0 fully saturated rings. The fourth-order valence-electron chi connectivity index (χ4n) is 1.61. The molecule has 1 aromatic heterocycles. The zero-order chi connectivity index (χ0) is 12.3. The minimum Gasteiger partial charge on any atom is -0.383 e. The highest BCUT2D eigenvalue weighted by atomic mass is 15.2. The van der Waals surface area contributed by atoms with Gasteiger partial charge in [-0.1, -0.05) is 30.3 Å². The summed E-state index contributed by atoms with van der Waals surface area (Å²) in [4.78, 5) is 9.96. The maximum atomic E-state index is 5.63. The molecule has 88 valence electrons. The van der Waals surface area contributed by atoms with Gasteiger partial charge in [-0.05, 0) is 5.56 Å². The molecule has 0 amide bonds. The van der Waals surface area contributed by atoms with Crippen LogP contribution in [-0.2, 0) is 6.54 Å². The molecule has 5 heteroatoms. The van der Waals surface area contributed by atoms with Gasteiger partial charge in [0.2, 0.25) is 5.95 Å². The van der Waals surface area contributed by atoms with E-state index in [2.05, 4.69) is 22.1 Å². The average Bonchev–Trinajstić information content (AvgIpc) is 2.29. The van der Waals surface area contributed by atoms with Gasteiger partial charge in [0.25, 0.3) is 0 Å². The number of hydrogen-bond donors (Lipinski definition) is 2. The van der Waals surface area contributed by atoms with Crippen molar-refractivity contribution in [2.75, 3.05) is 23.4 Å². The Morgan fingerprint density at radius 3 is 2.47 bits per heavy atom. The van der Waals surface area contributed by atoms with Gasteiger partial charge in [0.05, 0.1) is 0 Å². The Labute approximate surface area is 100 Å². The number of rotatable bonds is 3. The monoisotopic (exact) mass is 229 g/mol. The molecule has 0 aliphatic rings. The molecule has 0 radical (unpaired) electrons. The van der Waals surface area contributed by atoms with Gasteiger partial charge < -0.3 is 16.4 Å². The Bertz CT molecular complexity index is 477. The summed E-state index contributed by atoms with van der Waals surface area (Å²) in [6.07, 6.45) is 0. The zero-order valence-electron chi connectivity index (χ0n) is 9.67. The van der Waals surface area contributed by atoms with E-state index in [-0.39, 0.29) is 5.95 Å². The molecule has 0 saturated carbocycles. The number of anilines is 3. The quantitative estimate of drug-likeness (QED) is 0.828. The summed E-state index contributed by atoms with van der Waals surface area (Å²) in [6.45, 7) is 0.747. The average molecular weight is 229 g/mol. The number of nitrogen functional groups attached to an aromatic ring is 2. The van der Waals surface area contributed by atoms with Crippen LogP contribution in [0.1, 0.15) is 5.56 Å². The lowest BCUT2D eigenvalue weighted by molar-refractivity contribution is 0.895. The standard InChI is InChI=1S/C12H15N5/c1-17(8-9-5-3-2-4-6-9)11-7-10(13)15-12(14)16-11/h2-7H,8H2,1H3,(H4,13,14,15,16). The third-order valence-electron chi connectivity index (χ3n) is 2.40. The summed E-state index contributed by atoms with van der Waals surface area (Å²) >= 11 is 0. The number of nitrogens with zero attached hydrogens (tertiary/aromatic N) is 3. The second kappa shape index (κ2) is 4.69. The molecular formula is C12H15N5. The van der Waals surface area contributed by atoms with E-state index in [0.717, 1.165) is 12.4 Å². The second-order valence-corrected chi connectivity index (χ2v) is 3.85. The maximum absolute atomic E-state index is 5.63. The van der Waals surface area contributed by atoms with Gasteiger partial charge in [-0.3, -0.25) is 0 Å². The minimum atomic E-state index is 0.194. The largest absolute Gasteiger partial charge is 0.383 e. The Balaban J connectivity index is 2.17. The molecule has 0 aliphatic carbocycles. The van der Waals surface area contributed by atoms with Crippen LogP contribution in [0.3, 0.4) is 0 Å². The topological polar surface area (TPSA) is 81.1 Å². The first-order chi connectivity index (χ1) is 8.15. The molecule has 0 atom stereocenters. The third kappa shape index (κ3) is 2.84. The first-order valence-electron chi connectivity index (χ1n) is 5.30. The van der Waals surface area contributed by atoms with Crippen molar-refractivity contribution in [1.82, 2.24) is 9.97 Å². The number of benzene rings is 1. The fraction of sp³-hybridized carbons (Fsp3) is 0.167. The lowest BCUT2D eigenvalue weighted by Gasteiger charge is -2.18. The Hall–Kier alpha value is -2.30. The molecule has 2 aromatic rings. The molecule has 5 nitrogen and oxygen atoms in total. The summed E-state index contributed by atoms with van der Waals surface area (Å²) in [5, 5.41) is 0. The van der Waals surface area contributed by atoms with Gasteiger partial charge >= 0.3 is 0 Å². The van der Waals surface area contributed by atoms with Gasteiger partial charge in [0.1, 0.15) is 11.6 Å². The molecule has 17 heavy (non-hydrogen) atoms. The molecule has 0 aliphatic heterocycles. The maximum Gasteiger partial charge on any atom is 0.223 e. The highest BCUT2D eigenvalue weighted by Gasteiger charge is 2.06. The molecule has 1 aromatic carbocycles. The number of nitrogens with two attached hydrogens (primary N) is 2. The van der Waals surface area contributed by atoms with E-state index >= 15 is 0 Å². The van der Waals surface area contributed by atoms with Crippen LogP contribution < -0.4 is 16.4 Å². The van der Waals surface area contributed by atoms with E-state index in [0.29, 0.717) is 5.82 Å². The molecule has 2 rings (SSSR count). The molecule has 0 spiro atoms. The highest BCUT2D eigenvalue weighted by Crippen LogP contribution is 2.15. The van der Waals surface area contributed by atoms with Crippen LogP contribution in [0.2, 0.25) is 0 Å². The van der Waals surface area contributed by atoms with Crippen molar-refractivity contribution in [2.24, 2.45) is 0 Å². The van der Waals surface area contributed by atoms with Gasteiger partial charge in [-0.2, -0.15) is 9.97 Å². The van der Waals surface area contributed by atoms with Crippen molar-refractivity contribution >= 4 is 17.6 Å². The predicted molar refractivity (Wildman–Crippen MR) is 69.4 cm³/mol. The summed E-state index contributed by atoms with van der Waals surface area (Å²) in [5.74, 6) is 1.30. The molecule has 0 bridgehead atoms. The minimum absolute atomic E-state index is 0.194. The van der Waals surface area contributed by atoms with Crippen LogP contribution in [0.25, 0.3) is 0 Å². The van der Waals surface area contributed by atoms with Crippen molar-refractivity contribution in [2.45, 2.75) is 6.54 Å². The Kier molecular flexibility index (Phi) is 3.09. The summed E-state index contributed by atoms with van der Waals surface area (Å²) in [7, 11) is 1.94. The Morgan fingerprint density at radius 2 is 1.82 bits per heavy atom. The number of hydrogen-bond acceptors (Lipinski definition) is 5. The van der Waals surface area contributed by atoms with E-state index in [9.17, 15) is 0 Å². The van der Waals surface area contributed by atoms with Crippen LogP contribution in [-0.4, -0.2) is 17.0 Å². The fourth-order valence-corrected chi connectivity index (χ4v) is 1.61. The highest BCUT2D eigenvalue weighted by molar-refractivity contribution is 5.50. The summed E-state index contributed by atoms with van der Waals surface area (Å²) < 4.78 is 0. The van der Waals surface area contributed by atoms with E-state index < -0.39 is 0 Å². The van der Waals surface area contributed by atoms with Crippen molar-refractivity contribution < 1.29 is 0 Å². The summed E-state index contributed by atoms with van der Waals surface area (Å²) in [6, 6.07) is 11.8. The smallest absolute Gasteiger partial charge is 0.223 e. The van der Waals surface area contributed by atoms with Crippen LogP contribution in [0, 0.1) is 0 Å². The first kappa shape index (κ1) is 11.2.